The summed E-state index contributed by atoms with van der Waals surface area (Å²) in [6, 6.07) is 1.74. The van der Waals surface area contributed by atoms with Crippen molar-refractivity contribution in [1.82, 2.24) is 5.32 Å². The number of halogens is 2. The molecule has 0 saturated carbocycles. The minimum atomic E-state index is -3.18. The van der Waals surface area contributed by atoms with Crippen LogP contribution in [0.2, 0.25) is 0 Å². The summed E-state index contributed by atoms with van der Waals surface area (Å²) >= 11 is 0. The van der Waals surface area contributed by atoms with Crippen molar-refractivity contribution in [1.29, 1.82) is 0 Å². The average molecular weight is 346 g/mol. The van der Waals surface area contributed by atoms with E-state index >= 15 is 0 Å². The quantitative estimate of drug-likeness (QED) is 0.599. The van der Waals surface area contributed by atoms with Gasteiger partial charge in [0.25, 0.3) is 11.6 Å². The van der Waals surface area contributed by atoms with E-state index in [9.17, 15) is 23.7 Å². The number of hydrogen-bond donors (Lipinski definition) is 1. The van der Waals surface area contributed by atoms with Gasteiger partial charge in [-0.3, -0.25) is 14.9 Å². The number of nitro benzene ring substituents is 1. The second-order valence-corrected chi connectivity index (χ2v) is 5.00. The molecule has 1 fully saturated rings. The largest absolute Gasteiger partial charge is 0.493 e. The maximum atomic E-state index is 12.4. The molecule has 1 saturated heterocycles. The van der Waals surface area contributed by atoms with Crippen molar-refractivity contribution < 1.29 is 32.7 Å². The van der Waals surface area contributed by atoms with Crippen LogP contribution in [0, 0.1) is 10.1 Å². The lowest BCUT2D eigenvalue weighted by molar-refractivity contribution is -0.385. The molecule has 24 heavy (non-hydrogen) atoms. The number of rotatable bonds is 7. The number of alkyl halides is 2. The number of nitrogens with one attached hydrogen (secondary N) is 1. The SMILES string of the molecule is COc1cc(C(=O)NCC2CCCO2)c([N+](=O)[O-])cc1OC(F)F. The Morgan fingerprint density at radius 2 is 2.25 bits per heavy atom. The molecule has 1 unspecified atom stereocenters. The zero-order valence-electron chi connectivity index (χ0n) is 12.8. The molecular weight excluding hydrogens is 330 g/mol. The van der Waals surface area contributed by atoms with E-state index in [4.69, 9.17) is 9.47 Å². The second kappa shape index (κ2) is 7.86. The maximum Gasteiger partial charge on any atom is 0.387 e. The van der Waals surface area contributed by atoms with Crippen molar-refractivity contribution in [2.75, 3.05) is 20.3 Å². The minimum absolute atomic E-state index is 0.142. The molecule has 0 bridgehead atoms. The summed E-state index contributed by atoms with van der Waals surface area (Å²) in [6.07, 6.45) is 1.53. The van der Waals surface area contributed by atoms with Gasteiger partial charge in [-0.2, -0.15) is 8.78 Å². The Kier molecular flexibility index (Phi) is 5.85. The maximum absolute atomic E-state index is 12.4. The molecule has 1 aliphatic rings. The summed E-state index contributed by atoms with van der Waals surface area (Å²) in [4.78, 5) is 22.5. The number of nitro groups is 1. The van der Waals surface area contributed by atoms with E-state index in [1.807, 2.05) is 0 Å². The van der Waals surface area contributed by atoms with Crippen LogP contribution in [0.4, 0.5) is 14.5 Å². The molecule has 132 valence electrons. The summed E-state index contributed by atoms with van der Waals surface area (Å²) < 4.78 is 39.2. The number of amides is 1. The van der Waals surface area contributed by atoms with Gasteiger partial charge in [-0.15, -0.1) is 0 Å². The predicted octanol–water partition coefficient (Wildman–Crippen LogP) is 2.11. The van der Waals surface area contributed by atoms with Crippen molar-refractivity contribution in [2.45, 2.75) is 25.6 Å². The van der Waals surface area contributed by atoms with Gasteiger partial charge in [0.15, 0.2) is 11.5 Å². The van der Waals surface area contributed by atoms with E-state index in [1.54, 1.807) is 0 Å². The first kappa shape index (κ1) is 17.9. The minimum Gasteiger partial charge on any atom is -0.493 e. The predicted molar refractivity (Wildman–Crippen MR) is 77.6 cm³/mol. The molecule has 1 aromatic rings. The van der Waals surface area contributed by atoms with Crippen molar-refractivity contribution in [3.63, 3.8) is 0 Å². The molecule has 1 atom stereocenters. The zero-order valence-corrected chi connectivity index (χ0v) is 12.8. The Morgan fingerprint density at radius 1 is 1.50 bits per heavy atom. The summed E-state index contributed by atoms with van der Waals surface area (Å²) in [5.41, 5.74) is -0.965. The average Bonchev–Trinajstić information content (AvgIpc) is 3.05. The van der Waals surface area contributed by atoms with Gasteiger partial charge in [-0.1, -0.05) is 0 Å². The Balaban J connectivity index is 2.25. The highest BCUT2D eigenvalue weighted by Gasteiger charge is 2.26. The molecule has 10 heteroatoms. The van der Waals surface area contributed by atoms with E-state index in [0.717, 1.165) is 25.0 Å². The van der Waals surface area contributed by atoms with Crippen LogP contribution in [0.5, 0.6) is 11.5 Å². The van der Waals surface area contributed by atoms with Gasteiger partial charge >= 0.3 is 6.61 Å². The fraction of sp³-hybridized carbons (Fsp3) is 0.500. The highest BCUT2D eigenvalue weighted by molar-refractivity contribution is 5.99. The monoisotopic (exact) mass is 346 g/mol. The summed E-state index contributed by atoms with van der Waals surface area (Å²) in [5.74, 6) is -1.45. The van der Waals surface area contributed by atoms with Crippen LogP contribution in [0.3, 0.4) is 0 Å². The molecule has 0 aromatic heterocycles. The molecule has 1 aromatic carbocycles. The molecule has 1 heterocycles. The van der Waals surface area contributed by atoms with Crippen LogP contribution in [-0.4, -0.2) is 43.8 Å². The molecule has 1 N–H and O–H groups in total. The van der Waals surface area contributed by atoms with Crippen LogP contribution in [0.25, 0.3) is 0 Å². The van der Waals surface area contributed by atoms with E-state index in [1.165, 1.54) is 7.11 Å². The Morgan fingerprint density at radius 3 is 2.79 bits per heavy atom. The number of benzene rings is 1. The van der Waals surface area contributed by atoms with E-state index in [2.05, 4.69) is 10.1 Å². The normalized spacial score (nSPS) is 16.9. The number of carbonyl (C=O) groups excluding carboxylic acids is 1. The van der Waals surface area contributed by atoms with Crippen molar-refractivity contribution in [2.24, 2.45) is 0 Å². The molecule has 0 spiro atoms. The molecule has 0 radical (unpaired) electrons. The smallest absolute Gasteiger partial charge is 0.387 e. The first-order valence-electron chi connectivity index (χ1n) is 7.13. The standard InChI is InChI=1S/C14H16F2N2O6/c1-22-11-5-9(13(19)17-7-8-3-2-4-23-8)10(18(20)21)6-12(11)24-14(15)16/h5-6,8,14H,2-4,7H2,1H3,(H,17,19). The molecule has 0 aliphatic carbocycles. The van der Waals surface area contributed by atoms with Crippen LogP contribution in [0.1, 0.15) is 23.2 Å². The van der Waals surface area contributed by atoms with Gasteiger partial charge in [0.05, 0.1) is 24.2 Å². The zero-order chi connectivity index (χ0) is 17.7. The molecule has 2 rings (SSSR count). The van der Waals surface area contributed by atoms with E-state index in [0.29, 0.717) is 6.61 Å². The fourth-order valence-electron chi connectivity index (χ4n) is 2.34. The summed E-state index contributed by atoms with van der Waals surface area (Å²) in [5, 5.41) is 13.7. The van der Waals surface area contributed by atoms with Gasteiger partial charge in [0.2, 0.25) is 0 Å². The van der Waals surface area contributed by atoms with Gasteiger partial charge in [-0.05, 0) is 12.8 Å². The first-order valence-corrected chi connectivity index (χ1v) is 7.13. The Hall–Kier alpha value is -2.49. The Bertz CT molecular complexity index is 620. The van der Waals surface area contributed by atoms with Crippen LogP contribution >= 0.6 is 0 Å². The molecule has 1 amide bonds. The van der Waals surface area contributed by atoms with Crippen molar-refractivity contribution in [3.8, 4) is 11.5 Å². The number of hydrogen-bond acceptors (Lipinski definition) is 6. The van der Waals surface area contributed by atoms with E-state index < -0.39 is 28.9 Å². The first-order chi connectivity index (χ1) is 11.4. The van der Waals surface area contributed by atoms with E-state index in [-0.39, 0.29) is 24.0 Å². The summed E-state index contributed by atoms with van der Waals surface area (Å²) in [7, 11) is 1.17. The summed E-state index contributed by atoms with van der Waals surface area (Å²) in [6.45, 7) is -2.38. The van der Waals surface area contributed by atoms with Crippen LogP contribution < -0.4 is 14.8 Å². The highest BCUT2D eigenvalue weighted by Crippen LogP contribution is 2.35. The van der Waals surface area contributed by atoms with Crippen LogP contribution in [0.15, 0.2) is 12.1 Å². The van der Waals surface area contributed by atoms with Gasteiger partial charge < -0.3 is 19.5 Å². The topological polar surface area (TPSA) is 99.9 Å². The van der Waals surface area contributed by atoms with Crippen LogP contribution in [-0.2, 0) is 4.74 Å². The van der Waals surface area contributed by atoms with Crippen molar-refractivity contribution >= 4 is 11.6 Å². The lowest BCUT2D eigenvalue weighted by Gasteiger charge is -2.13. The Labute approximate surface area is 135 Å². The lowest BCUT2D eigenvalue weighted by Crippen LogP contribution is -2.32. The van der Waals surface area contributed by atoms with Crippen molar-refractivity contribution in [3.05, 3.63) is 27.8 Å². The highest BCUT2D eigenvalue weighted by atomic mass is 19.3. The number of ether oxygens (including phenoxy) is 3. The fourth-order valence-corrected chi connectivity index (χ4v) is 2.34. The second-order valence-electron chi connectivity index (χ2n) is 5.00. The van der Waals surface area contributed by atoms with Gasteiger partial charge in [0, 0.05) is 19.2 Å². The number of nitrogens with zero attached hydrogens (tertiary/aromatic N) is 1. The molecule has 8 nitrogen and oxygen atoms in total. The molecular formula is C14H16F2N2O6. The van der Waals surface area contributed by atoms with Gasteiger partial charge in [0.1, 0.15) is 5.56 Å². The number of carbonyl (C=O) groups is 1. The number of methoxy groups -OCH3 is 1. The van der Waals surface area contributed by atoms with Gasteiger partial charge in [-0.25, -0.2) is 0 Å². The molecule has 1 aliphatic heterocycles. The third-order valence-corrected chi connectivity index (χ3v) is 3.45. The lowest BCUT2D eigenvalue weighted by atomic mass is 10.1. The third kappa shape index (κ3) is 4.28. The third-order valence-electron chi connectivity index (χ3n) is 3.45.